The van der Waals surface area contributed by atoms with E-state index in [1.165, 1.54) is 12.1 Å². The summed E-state index contributed by atoms with van der Waals surface area (Å²) in [6, 6.07) is 4.20. The number of likely N-dealkylation sites (N-methyl/N-ethyl adjacent to an activating group) is 1. The Morgan fingerprint density at radius 1 is 1.37 bits per heavy atom. The van der Waals surface area contributed by atoms with Gasteiger partial charge in [0.25, 0.3) is 0 Å². The van der Waals surface area contributed by atoms with Crippen LogP contribution in [-0.4, -0.2) is 25.0 Å². The molecule has 0 bridgehead atoms. The Balaban J connectivity index is 2.36. The van der Waals surface area contributed by atoms with Gasteiger partial charge in [-0.2, -0.15) is 0 Å². The Morgan fingerprint density at radius 3 is 2.79 bits per heavy atom. The molecule has 19 heavy (non-hydrogen) atoms. The van der Waals surface area contributed by atoms with Crippen LogP contribution < -0.4 is 10.6 Å². The van der Waals surface area contributed by atoms with Crippen LogP contribution in [0.3, 0.4) is 0 Å². The average molecular weight is 270 g/mol. The van der Waals surface area contributed by atoms with E-state index in [2.05, 4.69) is 10.6 Å². The summed E-state index contributed by atoms with van der Waals surface area (Å²) in [5, 5.41) is 5.92. The van der Waals surface area contributed by atoms with Crippen LogP contribution in [0.2, 0.25) is 0 Å². The molecule has 1 rings (SSSR count). The quantitative estimate of drug-likeness (QED) is 0.796. The Morgan fingerprint density at radius 2 is 2.11 bits per heavy atom. The van der Waals surface area contributed by atoms with Gasteiger partial charge in [-0.3, -0.25) is 4.79 Å². The molecule has 0 radical (unpaired) electrons. The Bertz CT molecular complexity index is 424. The van der Waals surface area contributed by atoms with Gasteiger partial charge in [0.2, 0.25) is 5.91 Å². The highest BCUT2D eigenvalue weighted by atomic mass is 19.2. The second kappa shape index (κ2) is 7.84. The molecule has 0 saturated heterocycles. The minimum absolute atomic E-state index is 0.152. The predicted octanol–water partition coefficient (Wildman–Crippen LogP) is 2.01. The van der Waals surface area contributed by atoms with Gasteiger partial charge in [0.1, 0.15) is 0 Å². The highest BCUT2D eigenvalue weighted by molar-refractivity contribution is 5.76. The van der Waals surface area contributed by atoms with Crippen molar-refractivity contribution >= 4 is 5.91 Å². The average Bonchev–Trinajstić information content (AvgIpc) is 2.38. The fourth-order valence-electron chi connectivity index (χ4n) is 1.77. The second-order valence-corrected chi connectivity index (χ2v) is 4.48. The number of nitrogens with one attached hydrogen (secondary N) is 2. The summed E-state index contributed by atoms with van der Waals surface area (Å²) in [7, 11) is 0. The third-order valence-electron chi connectivity index (χ3n) is 2.81. The number of hydrogen-bond donors (Lipinski definition) is 2. The Labute approximate surface area is 112 Å². The van der Waals surface area contributed by atoms with Crippen LogP contribution >= 0.6 is 0 Å². The third-order valence-corrected chi connectivity index (χ3v) is 2.81. The number of aryl methyl sites for hydroxylation is 1. The van der Waals surface area contributed by atoms with E-state index in [0.29, 0.717) is 6.54 Å². The van der Waals surface area contributed by atoms with Crippen molar-refractivity contribution < 1.29 is 13.6 Å². The van der Waals surface area contributed by atoms with Gasteiger partial charge in [-0.05, 0) is 31.5 Å². The first kappa shape index (κ1) is 15.6. The molecule has 0 saturated carbocycles. The molecular weight excluding hydrogens is 250 g/mol. The first-order valence-corrected chi connectivity index (χ1v) is 6.47. The van der Waals surface area contributed by atoms with Crippen LogP contribution in [0.5, 0.6) is 0 Å². The van der Waals surface area contributed by atoms with Crippen molar-refractivity contribution in [3.8, 4) is 0 Å². The van der Waals surface area contributed by atoms with Gasteiger partial charge in [-0.1, -0.05) is 19.1 Å². The van der Waals surface area contributed by atoms with E-state index >= 15 is 0 Å². The molecule has 0 aliphatic carbocycles. The van der Waals surface area contributed by atoms with Gasteiger partial charge in [0.05, 0.1) is 0 Å². The fraction of sp³-hybridized carbons (Fsp3) is 0.500. The molecule has 0 aromatic heterocycles. The lowest BCUT2D eigenvalue weighted by Crippen LogP contribution is -2.38. The standard InChI is InChI=1S/C14H20F2N2O/c1-3-17-10(2)9-18-13(19)8-7-11-5-4-6-12(15)14(11)16/h4-6,10,17H,3,7-9H2,1-2H3,(H,18,19)/t10-/m1/s1. The van der Waals surface area contributed by atoms with Gasteiger partial charge < -0.3 is 10.6 Å². The molecule has 0 spiro atoms. The molecule has 1 amide bonds. The first-order chi connectivity index (χ1) is 9.04. The number of rotatable bonds is 7. The summed E-state index contributed by atoms with van der Waals surface area (Å²) in [6.45, 7) is 5.32. The van der Waals surface area contributed by atoms with Gasteiger partial charge in [0, 0.05) is 19.0 Å². The van der Waals surface area contributed by atoms with E-state index in [0.717, 1.165) is 12.6 Å². The zero-order valence-corrected chi connectivity index (χ0v) is 11.3. The lowest BCUT2D eigenvalue weighted by atomic mass is 10.1. The van der Waals surface area contributed by atoms with Crippen molar-refractivity contribution in [2.75, 3.05) is 13.1 Å². The number of halogens is 2. The number of carbonyl (C=O) groups excluding carboxylic acids is 1. The van der Waals surface area contributed by atoms with Crippen molar-refractivity contribution in [2.24, 2.45) is 0 Å². The predicted molar refractivity (Wildman–Crippen MR) is 70.8 cm³/mol. The number of carbonyl (C=O) groups is 1. The number of hydrogen-bond acceptors (Lipinski definition) is 2. The van der Waals surface area contributed by atoms with Crippen molar-refractivity contribution in [3.05, 3.63) is 35.4 Å². The summed E-state index contributed by atoms with van der Waals surface area (Å²) >= 11 is 0. The summed E-state index contributed by atoms with van der Waals surface area (Å²) in [5.74, 6) is -1.90. The molecule has 106 valence electrons. The van der Waals surface area contributed by atoms with Crippen molar-refractivity contribution in [1.29, 1.82) is 0 Å². The maximum absolute atomic E-state index is 13.3. The van der Waals surface area contributed by atoms with Gasteiger partial charge >= 0.3 is 0 Å². The van der Waals surface area contributed by atoms with Crippen LogP contribution in [0.4, 0.5) is 8.78 Å². The summed E-state index contributed by atoms with van der Waals surface area (Å²) in [6.07, 6.45) is 0.351. The van der Waals surface area contributed by atoms with Gasteiger partial charge in [0.15, 0.2) is 11.6 Å². The zero-order valence-electron chi connectivity index (χ0n) is 11.3. The third kappa shape index (κ3) is 5.34. The van der Waals surface area contributed by atoms with Gasteiger partial charge in [-0.25, -0.2) is 8.78 Å². The largest absolute Gasteiger partial charge is 0.355 e. The topological polar surface area (TPSA) is 41.1 Å². The zero-order chi connectivity index (χ0) is 14.3. The van der Waals surface area contributed by atoms with Gasteiger partial charge in [-0.15, -0.1) is 0 Å². The molecule has 5 heteroatoms. The maximum atomic E-state index is 13.3. The van der Waals surface area contributed by atoms with Crippen LogP contribution in [-0.2, 0) is 11.2 Å². The lowest BCUT2D eigenvalue weighted by molar-refractivity contribution is -0.121. The van der Waals surface area contributed by atoms with E-state index in [9.17, 15) is 13.6 Å². The summed E-state index contributed by atoms with van der Waals surface area (Å²) in [5.41, 5.74) is 0.231. The highest BCUT2D eigenvalue weighted by Crippen LogP contribution is 2.12. The highest BCUT2D eigenvalue weighted by Gasteiger charge is 2.10. The molecule has 0 heterocycles. The number of benzene rings is 1. The van der Waals surface area contributed by atoms with Crippen LogP contribution in [0.15, 0.2) is 18.2 Å². The maximum Gasteiger partial charge on any atom is 0.220 e. The lowest BCUT2D eigenvalue weighted by Gasteiger charge is -2.13. The minimum atomic E-state index is -0.876. The Hall–Kier alpha value is -1.49. The van der Waals surface area contributed by atoms with Crippen molar-refractivity contribution in [3.63, 3.8) is 0 Å². The molecule has 1 atom stereocenters. The Kier molecular flexibility index (Phi) is 6.42. The van der Waals surface area contributed by atoms with Crippen LogP contribution in [0.1, 0.15) is 25.8 Å². The SMILES string of the molecule is CCN[C@H](C)CNC(=O)CCc1cccc(F)c1F. The van der Waals surface area contributed by atoms with Crippen LogP contribution in [0.25, 0.3) is 0 Å². The molecule has 0 aliphatic rings. The van der Waals surface area contributed by atoms with E-state index < -0.39 is 11.6 Å². The molecule has 0 unspecified atom stereocenters. The van der Waals surface area contributed by atoms with E-state index in [-0.39, 0.29) is 30.4 Å². The molecule has 1 aromatic carbocycles. The first-order valence-electron chi connectivity index (χ1n) is 6.47. The fourth-order valence-corrected chi connectivity index (χ4v) is 1.77. The summed E-state index contributed by atoms with van der Waals surface area (Å²) < 4.78 is 26.3. The minimum Gasteiger partial charge on any atom is -0.355 e. The monoisotopic (exact) mass is 270 g/mol. The molecule has 0 fully saturated rings. The van der Waals surface area contributed by atoms with E-state index in [1.807, 2.05) is 13.8 Å². The normalized spacial score (nSPS) is 12.2. The van der Waals surface area contributed by atoms with Crippen molar-refractivity contribution in [2.45, 2.75) is 32.7 Å². The van der Waals surface area contributed by atoms with E-state index in [1.54, 1.807) is 0 Å². The molecule has 2 N–H and O–H groups in total. The molecule has 0 aliphatic heterocycles. The molecule has 1 aromatic rings. The van der Waals surface area contributed by atoms with Crippen molar-refractivity contribution in [1.82, 2.24) is 10.6 Å². The molecular formula is C14H20F2N2O. The number of amides is 1. The summed E-state index contributed by atoms with van der Waals surface area (Å²) in [4.78, 5) is 11.6. The second-order valence-electron chi connectivity index (χ2n) is 4.48. The van der Waals surface area contributed by atoms with Crippen LogP contribution in [0, 0.1) is 11.6 Å². The van der Waals surface area contributed by atoms with E-state index in [4.69, 9.17) is 0 Å². The molecule has 3 nitrogen and oxygen atoms in total. The smallest absolute Gasteiger partial charge is 0.220 e.